The van der Waals surface area contributed by atoms with Gasteiger partial charge in [-0.1, -0.05) is 18.5 Å². The van der Waals surface area contributed by atoms with Gasteiger partial charge < -0.3 is 16.3 Å². The number of carbonyl (C=O) groups excluding carboxylic acids is 1. The molecule has 0 aliphatic carbocycles. The summed E-state index contributed by atoms with van der Waals surface area (Å²) in [6.07, 6.45) is -3.24. The van der Waals surface area contributed by atoms with E-state index in [1.54, 1.807) is 12.2 Å². The van der Waals surface area contributed by atoms with Gasteiger partial charge >= 0.3 is 12.3 Å². The molecule has 4 N–H and O–H groups in total. The lowest BCUT2D eigenvalue weighted by Gasteiger charge is -2.19. The van der Waals surface area contributed by atoms with E-state index in [4.69, 9.17) is 10.9 Å². The number of hydrogen-bond donors (Lipinski definition) is 3. The van der Waals surface area contributed by atoms with Crippen LogP contribution in [0, 0.1) is 5.92 Å². The molecule has 0 fully saturated rings. The number of nitrogens with zero attached hydrogens (tertiary/aromatic N) is 1. The van der Waals surface area contributed by atoms with E-state index in [9.17, 15) is 22.4 Å². The van der Waals surface area contributed by atoms with E-state index in [1.807, 2.05) is 0 Å². The summed E-state index contributed by atoms with van der Waals surface area (Å²) in [4.78, 5) is 11.4. The third kappa shape index (κ3) is 4.76. The fourth-order valence-corrected chi connectivity index (χ4v) is 1.18. The molecule has 0 heterocycles. The van der Waals surface area contributed by atoms with Crippen LogP contribution in [0.2, 0.25) is 0 Å². The van der Waals surface area contributed by atoms with Crippen LogP contribution in [0.3, 0.4) is 0 Å². The van der Waals surface area contributed by atoms with Crippen LogP contribution in [-0.4, -0.2) is 35.8 Å². The van der Waals surface area contributed by atoms with Crippen molar-refractivity contribution >= 4 is 11.7 Å². The first-order valence-corrected chi connectivity index (χ1v) is 5.17. The molecule has 0 aromatic heterocycles. The highest BCUT2D eigenvalue weighted by Gasteiger charge is 2.41. The molecule has 0 aromatic rings. The first-order valence-electron chi connectivity index (χ1n) is 5.17. The van der Waals surface area contributed by atoms with Gasteiger partial charge in [0.15, 0.2) is 5.84 Å². The molecule has 0 rings (SSSR count). The maximum atomic E-state index is 12.6. The Labute approximate surface area is 101 Å². The number of alkyl halides is 4. The second-order valence-electron chi connectivity index (χ2n) is 3.65. The molecule has 0 spiro atoms. The third-order valence-electron chi connectivity index (χ3n) is 2.18. The molecule has 18 heavy (non-hydrogen) atoms. The Bertz CT molecular complexity index is 310. The average Bonchev–Trinajstić information content (AvgIpc) is 2.32. The Morgan fingerprint density at radius 1 is 1.50 bits per heavy atom. The first kappa shape index (κ1) is 16.5. The fourth-order valence-electron chi connectivity index (χ4n) is 1.18. The molecule has 0 bridgehead atoms. The quantitative estimate of drug-likeness (QED) is 0.214. The molecule has 0 aliphatic rings. The summed E-state index contributed by atoms with van der Waals surface area (Å²) >= 11 is 0. The SMILES string of the molecule is CCCC(C(=O)NCC(F)(F)C(F)F)C(N)=NO. The molecule has 0 radical (unpaired) electrons. The molecule has 1 amide bonds. The number of nitrogens with one attached hydrogen (secondary N) is 1. The predicted molar refractivity (Wildman–Crippen MR) is 55.8 cm³/mol. The van der Waals surface area contributed by atoms with E-state index < -0.39 is 36.6 Å². The van der Waals surface area contributed by atoms with Gasteiger partial charge in [-0.15, -0.1) is 0 Å². The van der Waals surface area contributed by atoms with Crippen molar-refractivity contribution in [2.24, 2.45) is 16.8 Å². The predicted octanol–water partition coefficient (Wildman–Crippen LogP) is 1.17. The molecule has 1 atom stereocenters. The third-order valence-corrected chi connectivity index (χ3v) is 2.18. The molecular weight excluding hydrogens is 258 g/mol. The Kier molecular flexibility index (Phi) is 6.42. The van der Waals surface area contributed by atoms with Crippen molar-refractivity contribution in [3.63, 3.8) is 0 Å². The highest BCUT2D eigenvalue weighted by molar-refractivity contribution is 6.02. The lowest BCUT2D eigenvalue weighted by molar-refractivity contribution is -0.137. The van der Waals surface area contributed by atoms with Crippen LogP contribution in [0.5, 0.6) is 0 Å². The van der Waals surface area contributed by atoms with E-state index in [-0.39, 0.29) is 6.42 Å². The highest BCUT2D eigenvalue weighted by atomic mass is 19.3. The molecule has 9 heteroatoms. The van der Waals surface area contributed by atoms with E-state index in [0.717, 1.165) is 0 Å². The number of nitrogens with two attached hydrogens (primary N) is 1. The summed E-state index contributed by atoms with van der Waals surface area (Å²) in [7, 11) is 0. The zero-order valence-corrected chi connectivity index (χ0v) is 9.67. The Hall–Kier alpha value is -1.54. The number of amides is 1. The van der Waals surface area contributed by atoms with Gasteiger partial charge in [0.05, 0.1) is 12.5 Å². The van der Waals surface area contributed by atoms with Gasteiger partial charge in [0.1, 0.15) is 0 Å². The van der Waals surface area contributed by atoms with Crippen molar-refractivity contribution in [1.82, 2.24) is 5.32 Å². The maximum absolute atomic E-state index is 12.6. The number of hydrogen-bond acceptors (Lipinski definition) is 3. The Morgan fingerprint density at radius 2 is 2.06 bits per heavy atom. The van der Waals surface area contributed by atoms with E-state index in [2.05, 4.69) is 5.16 Å². The van der Waals surface area contributed by atoms with Gasteiger partial charge in [-0.2, -0.15) is 8.78 Å². The largest absolute Gasteiger partial charge is 0.409 e. The van der Waals surface area contributed by atoms with Crippen molar-refractivity contribution < 1.29 is 27.6 Å². The molecule has 1 unspecified atom stereocenters. The molecule has 0 saturated heterocycles. The van der Waals surface area contributed by atoms with Crippen LogP contribution in [0.15, 0.2) is 5.16 Å². The Morgan fingerprint density at radius 3 is 2.44 bits per heavy atom. The summed E-state index contributed by atoms with van der Waals surface area (Å²) in [5.41, 5.74) is 5.21. The normalized spacial score (nSPS) is 14.7. The standard InChI is InChI=1S/C9H15F4N3O2/c1-2-3-5(6(14)16-18)7(17)15-4-9(12,13)8(10)11/h5,8,18H,2-4H2,1H3,(H2,14,16)(H,15,17). The van der Waals surface area contributed by atoms with Crippen molar-refractivity contribution in [1.29, 1.82) is 0 Å². The average molecular weight is 273 g/mol. The van der Waals surface area contributed by atoms with E-state index in [0.29, 0.717) is 6.42 Å². The van der Waals surface area contributed by atoms with Crippen LogP contribution in [0.1, 0.15) is 19.8 Å². The summed E-state index contributed by atoms with van der Waals surface area (Å²) in [6, 6.07) is 0. The van der Waals surface area contributed by atoms with Crippen molar-refractivity contribution in [3.05, 3.63) is 0 Å². The molecule has 0 aliphatic heterocycles. The lowest BCUT2D eigenvalue weighted by atomic mass is 10.0. The van der Waals surface area contributed by atoms with Crippen LogP contribution in [-0.2, 0) is 4.79 Å². The smallest absolute Gasteiger partial charge is 0.324 e. The molecular formula is C9H15F4N3O2. The highest BCUT2D eigenvalue weighted by Crippen LogP contribution is 2.21. The first-order chi connectivity index (χ1) is 8.26. The topological polar surface area (TPSA) is 87.7 Å². The van der Waals surface area contributed by atoms with Crippen molar-refractivity contribution in [2.45, 2.75) is 32.1 Å². The minimum atomic E-state index is -4.31. The van der Waals surface area contributed by atoms with Crippen molar-refractivity contribution in [2.75, 3.05) is 6.54 Å². The summed E-state index contributed by atoms with van der Waals surface area (Å²) in [6.45, 7) is 0.196. The molecule has 5 nitrogen and oxygen atoms in total. The lowest BCUT2D eigenvalue weighted by Crippen LogP contribution is -2.46. The van der Waals surface area contributed by atoms with Gasteiger partial charge in [-0.25, -0.2) is 8.78 Å². The maximum Gasteiger partial charge on any atom is 0.324 e. The minimum absolute atomic E-state index is 0.155. The number of oxime groups is 1. The number of carbonyl (C=O) groups is 1. The van der Waals surface area contributed by atoms with E-state index in [1.165, 1.54) is 0 Å². The molecule has 106 valence electrons. The minimum Gasteiger partial charge on any atom is -0.409 e. The zero-order chi connectivity index (χ0) is 14.3. The van der Waals surface area contributed by atoms with Gasteiger partial charge in [0, 0.05) is 0 Å². The number of rotatable bonds is 7. The number of amidine groups is 1. The fraction of sp³-hybridized carbons (Fsp3) is 0.778. The monoisotopic (exact) mass is 273 g/mol. The summed E-state index contributed by atoms with van der Waals surface area (Å²) in [5, 5.41) is 12.7. The van der Waals surface area contributed by atoms with Gasteiger partial charge in [0.2, 0.25) is 5.91 Å². The van der Waals surface area contributed by atoms with Gasteiger partial charge in [-0.05, 0) is 6.42 Å². The molecule has 0 aromatic carbocycles. The van der Waals surface area contributed by atoms with Gasteiger partial charge in [0.25, 0.3) is 0 Å². The second kappa shape index (κ2) is 7.02. The summed E-state index contributed by atoms with van der Waals surface area (Å²) < 4.78 is 48.8. The van der Waals surface area contributed by atoms with Crippen LogP contribution >= 0.6 is 0 Å². The van der Waals surface area contributed by atoms with Crippen LogP contribution in [0.25, 0.3) is 0 Å². The Balaban J connectivity index is 4.54. The summed E-state index contributed by atoms with van der Waals surface area (Å²) in [5.74, 6) is -6.85. The van der Waals surface area contributed by atoms with Crippen LogP contribution < -0.4 is 11.1 Å². The molecule has 0 saturated carbocycles. The van der Waals surface area contributed by atoms with Crippen molar-refractivity contribution in [3.8, 4) is 0 Å². The number of halogens is 4. The zero-order valence-electron chi connectivity index (χ0n) is 9.67. The second-order valence-corrected chi connectivity index (χ2v) is 3.65. The van der Waals surface area contributed by atoms with Gasteiger partial charge in [-0.3, -0.25) is 4.79 Å². The van der Waals surface area contributed by atoms with E-state index >= 15 is 0 Å². The van der Waals surface area contributed by atoms with Crippen LogP contribution in [0.4, 0.5) is 17.6 Å².